The lowest BCUT2D eigenvalue weighted by atomic mass is 10.0. The van der Waals surface area contributed by atoms with Crippen molar-refractivity contribution < 1.29 is 19.4 Å². The van der Waals surface area contributed by atoms with E-state index in [0.717, 1.165) is 64.2 Å². The number of ether oxygens (including phenoxy) is 1. The Kier molecular flexibility index (Phi) is 35.6. The molecule has 0 fully saturated rings. The molecule has 0 spiro atoms. The maximum absolute atomic E-state index is 12.5. The zero-order valence-corrected chi connectivity index (χ0v) is 30.2. The second kappa shape index (κ2) is 36.9. The molecule has 1 atom stereocenters. The van der Waals surface area contributed by atoms with Gasteiger partial charge >= 0.3 is 11.9 Å². The Labute approximate surface area is 280 Å². The first-order chi connectivity index (χ1) is 22.1. The van der Waals surface area contributed by atoms with Crippen LogP contribution in [0.2, 0.25) is 0 Å². The molecule has 4 heteroatoms. The van der Waals surface area contributed by atoms with E-state index >= 15 is 0 Å². The van der Waals surface area contributed by atoms with Gasteiger partial charge in [0.15, 0.2) is 0 Å². The van der Waals surface area contributed by atoms with Gasteiger partial charge in [0.05, 0.1) is 0 Å². The van der Waals surface area contributed by atoms with E-state index in [-0.39, 0.29) is 18.5 Å². The molecule has 0 bridgehead atoms. The normalized spacial score (nSPS) is 12.4. The molecule has 1 unspecified atom stereocenters. The molecule has 1 N–H and O–H groups in total. The average Bonchev–Trinajstić information content (AvgIpc) is 3.02. The van der Waals surface area contributed by atoms with E-state index in [2.05, 4.69) is 38.2 Å². The van der Waals surface area contributed by atoms with Crippen molar-refractivity contribution >= 4 is 11.9 Å². The van der Waals surface area contributed by atoms with E-state index in [9.17, 15) is 9.59 Å². The first kappa shape index (κ1) is 43.4. The van der Waals surface area contributed by atoms with E-state index in [1.165, 1.54) is 128 Å². The Morgan fingerprint density at radius 2 is 0.867 bits per heavy atom. The van der Waals surface area contributed by atoms with Crippen LogP contribution in [0.3, 0.4) is 0 Å². The van der Waals surface area contributed by atoms with Crippen LogP contribution >= 0.6 is 0 Å². The highest BCUT2D eigenvalue weighted by Gasteiger charge is 2.14. The third kappa shape index (κ3) is 36.8. The highest BCUT2D eigenvalue weighted by molar-refractivity contribution is 5.69. The van der Waals surface area contributed by atoms with Gasteiger partial charge in [-0.15, -0.1) is 0 Å². The van der Waals surface area contributed by atoms with Crippen LogP contribution in [0.4, 0.5) is 0 Å². The fraction of sp³-hybridized carbons (Fsp3) is 0.854. The van der Waals surface area contributed by atoms with Crippen LogP contribution in [0.5, 0.6) is 0 Å². The van der Waals surface area contributed by atoms with Crippen molar-refractivity contribution in [2.75, 3.05) is 0 Å². The number of hydrogen-bond acceptors (Lipinski definition) is 3. The summed E-state index contributed by atoms with van der Waals surface area (Å²) in [6.07, 6.45) is 46.5. The van der Waals surface area contributed by atoms with Crippen LogP contribution in [0.1, 0.15) is 219 Å². The van der Waals surface area contributed by atoms with Crippen molar-refractivity contribution in [1.29, 1.82) is 0 Å². The van der Waals surface area contributed by atoms with E-state index in [1.807, 2.05) is 0 Å². The smallest absolute Gasteiger partial charge is 0.306 e. The second-order valence-corrected chi connectivity index (χ2v) is 13.5. The molecule has 4 nitrogen and oxygen atoms in total. The fourth-order valence-corrected chi connectivity index (χ4v) is 5.98. The molecule has 0 aliphatic carbocycles. The zero-order valence-electron chi connectivity index (χ0n) is 30.2. The first-order valence-electron chi connectivity index (χ1n) is 19.8. The predicted octanol–water partition coefficient (Wildman–Crippen LogP) is 13.6. The Morgan fingerprint density at radius 3 is 1.31 bits per heavy atom. The van der Waals surface area contributed by atoms with Gasteiger partial charge in [-0.25, -0.2) is 0 Å². The Hall–Kier alpha value is -1.58. The number of carboxylic acids is 1. The average molecular weight is 633 g/mol. The van der Waals surface area contributed by atoms with Crippen molar-refractivity contribution in [2.24, 2.45) is 0 Å². The lowest BCUT2D eigenvalue weighted by Crippen LogP contribution is -2.18. The van der Waals surface area contributed by atoms with Crippen molar-refractivity contribution in [3.05, 3.63) is 24.3 Å². The summed E-state index contributed by atoms with van der Waals surface area (Å²) in [7, 11) is 0. The number of aliphatic carboxylic acids is 1. The minimum atomic E-state index is -0.712. The van der Waals surface area contributed by atoms with Crippen LogP contribution in [-0.4, -0.2) is 23.1 Å². The van der Waals surface area contributed by atoms with Gasteiger partial charge in [0.25, 0.3) is 0 Å². The molecule has 0 aromatic rings. The van der Waals surface area contributed by atoms with Crippen molar-refractivity contribution in [3.8, 4) is 0 Å². The summed E-state index contributed by atoms with van der Waals surface area (Å²) in [5.41, 5.74) is 0. The number of carbonyl (C=O) groups is 2. The standard InChI is InChI=1S/C41H76O4/c1-3-5-7-9-10-11-12-13-14-15-16-17-18-19-20-21-22-23-24-25-26-28-34-38-41(44)45-39(35-31-27-8-6-4-2)36-32-29-30-33-37-40(42)43/h12-13,15-16,39H,3-11,14,17-38H2,1-2H3,(H,42,43)/b13-12-,16-15-. The van der Waals surface area contributed by atoms with Crippen molar-refractivity contribution in [2.45, 2.75) is 225 Å². The number of carboxylic acid groups (broad SMARTS) is 1. The highest BCUT2D eigenvalue weighted by Crippen LogP contribution is 2.18. The molecule has 0 amide bonds. The maximum Gasteiger partial charge on any atom is 0.306 e. The summed E-state index contributed by atoms with van der Waals surface area (Å²) < 4.78 is 5.91. The van der Waals surface area contributed by atoms with Crippen LogP contribution in [0.25, 0.3) is 0 Å². The van der Waals surface area contributed by atoms with Gasteiger partial charge in [0, 0.05) is 12.8 Å². The quantitative estimate of drug-likeness (QED) is 0.0424. The Morgan fingerprint density at radius 1 is 0.489 bits per heavy atom. The topological polar surface area (TPSA) is 63.6 Å². The third-order valence-electron chi connectivity index (χ3n) is 8.93. The van der Waals surface area contributed by atoms with Crippen LogP contribution in [0.15, 0.2) is 24.3 Å². The number of allylic oxidation sites excluding steroid dienone is 4. The van der Waals surface area contributed by atoms with Gasteiger partial charge in [0.2, 0.25) is 0 Å². The predicted molar refractivity (Wildman–Crippen MR) is 195 cm³/mol. The summed E-state index contributed by atoms with van der Waals surface area (Å²) in [4.78, 5) is 23.2. The Balaban J connectivity index is 3.68. The molecule has 264 valence electrons. The number of rotatable bonds is 36. The van der Waals surface area contributed by atoms with Gasteiger partial charge in [-0.2, -0.15) is 0 Å². The van der Waals surface area contributed by atoms with Gasteiger partial charge < -0.3 is 9.84 Å². The minimum Gasteiger partial charge on any atom is -0.481 e. The van der Waals surface area contributed by atoms with Gasteiger partial charge in [-0.05, 0) is 70.6 Å². The monoisotopic (exact) mass is 633 g/mol. The van der Waals surface area contributed by atoms with E-state index < -0.39 is 5.97 Å². The SMILES string of the molecule is CCCCCCC/C=C\C/C=C\CCCCCCCCCCCCCC(=O)OC(CCCCCCC)CCCCCCC(=O)O. The van der Waals surface area contributed by atoms with Crippen molar-refractivity contribution in [1.82, 2.24) is 0 Å². The molecule has 45 heavy (non-hydrogen) atoms. The summed E-state index contributed by atoms with van der Waals surface area (Å²) in [6, 6.07) is 0. The maximum atomic E-state index is 12.5. The zero-order chi connectivity index (χ0) is 32.9. The molecule has 0 aromatic carbocycles. The van der Waals surface area contributed by atoms with Gasteiger partial charge in [-0.1, -0.05) is 160 Å². The summed E-state index contributed by atoms with van der Waals surface area (Å²) in [5.74, 6) is -0.730. The Bertz CT molecular complexity index is 683. The van der Waals surface area contributed by atoms with E-state index in [0.29, 0.717) is 6.42 Å². The minimum absolute atomic E-state index is 0.0183. The largest absolute Gasteiger partial charge is 0.481 e. The number of unbranched alkanes of at least 4 members (excludes halogenated alkanes) is 23. The molecule has 0 saturated heterocycles. The number of hydrogen-bond donors (Lipinski definition) is 1. The fourth-order valence-electron chi connectivity index (χ4n) is 5.98. The molecular weight excluding hydrogens is 556 g/mol. The molecule has 0 rings (SSSR count). The summed E-state index contributed by atoms with van der Waals surface area (Å²) >= 11 is 0. The van der Waals surface area contributed by atoms with Gasteiger partial charge in [-0.3, -0.25) is 9.59 Å². The molecule has 0 aliphatic heterocycles. The van der Waals surface area contributed by atoms with Crippen LogP contribution < -0.4 is 0 Å². The summed E-state index contributed by atoms with van der Waals surface area (Å²) in [6.45, 7) is 4.50. The van der Waals surface area contributed by atoms with E-state index in [4.69, 9.17) is 9.84 Å². The third-order valence-corrected chi connectivity index (χ3v) is 8.93. The van der Waals surface area contributed by atoms with Crippen molar-refractivity contribution in [3.63, 3.8) is 0 Å². The highest BCUT2D eigenvalue weighted by atomic mass is 16.5. The molecule has 0 aliphatic rings. The second-order valence-electron chi connectivity index (χ2n) is 13.5. The first-order valence-corrected chi connectivity index (χ1v) is 19.8. The van der Waals surface area contributed by atoms with Gasteiger partial charge in [0.1, 0.15) is 6.10 Å². The molecule has 0 radical (unpaired) electrons. The molecule has 0 saturated carbocycles. The van der Waals surface area contributed by atoms with Crippen LogP contribution in [0, 0.1) is 0 Å². The summed E-state index contributed by atoms with van der Waals surface area (Å²) in [5, 5.41) is 8.80. The molecule has 0 heterocycles. The molecular formula is C41H76O4. The van der Waals surface area contributed by atoms with Crippen LogP contribution in [-0.2, 0) is 14.3 Å². The number of esters is 1. The lowest BCUT2D eigenvalue weighted by molar-refractivity contribution is -0.150. The molecule has 0 aromatic heterocycles. The number of carbonyl (C=O) groups excluding carboxylic acids is 1. The van der Waals surface area contributed by atoms with E-state index in [1.54, 1.807) is 0 Å². The lowest BCUT2D eigenvalue weighted by Gasteiger charge is -2.18.